The molecule has 0 atom stereocenters. The van der Waals surface area contributed by atoms with Gasteiger partial charge in [0.05, 0.1) is 0 Å². The zero-order chi connectivity index (χ0) is 18.3. The molecule has 0 aromatic heterocycles. The van der Waals surface area contributed by atoms with Gasteiger partial charge in [0.15, 0.2) is 29.1 Å². The first-order valence-corrected chi connectivity index (χ1v) is 6.44. The average Bonchev–Trinajstić information content (AvgIpc) is 2.51. The predicted octanol–water partition coefficient (Wildman–Crippen LogP) is 3.69. The van der Waals surface area contributed by atoms with Crippen molar-refractivity contribution in [3.8, 4) is 0 Å². The zero-order valence-electron chi connectivity index (χ0n) is 12.0. The monoisotopic (exact) mass is 348 g/mol. The van der Waals surface area contributed by atoms with Crippen molar-refractivity contribution >= 4 is 12.6 Å². The van der Waals surface area contributed by atoms with Crippen LogP contribution in [0.15, 0.2) is 24.3 Å². The summed E-state index contributed by atoms with van der Waals surface area (Å²) in [5, 5.41) is 0. The van der Waals surface area contributed by atoms with E-state index in [2.05, 4.69) is 0 Å². The Balaban J connectivity index is 0.000000240. The quantitative estimate of drug-likeness (QED) is 0.366. The third-order valence-electron chi connectivity index (χ3n) is 2.76. The number of carbonyl (C=O) groups excluding carboxylic acids is 2. The van der Waals surface area contributed by atoms with Crippen LogP contribution in [0, 0.1) is 34.9 Å². The predicted molar refractivity (Wildman–Crippen MR) is 72.2 cm³/mol. The van der Waals surface area contributed by atoms with Crippen LogP contribution in [0.2, 0.25) is 0 Å². The van der Waals surface area contributed by atoms with E-state index in [9.17, 15) is 35.9 Å². The molecule has 0 saturated carbocycles. The third-order valence-corrected chi connectivity index (χ3v) is 2.76. The fourth-order valence-electron chi connectivity index (χ4n) is 1.63. The molecule has 0 heterocycles. The number of benzene rings is 2. The lowest BCUT2D eigenvalue weighted by atomic mass is 10.1. The lowest BCUT2D eigenvalue weighted by Gasteiger charge is -1.98. The second kappa shape index (κ2) is 8.85. The summed E-state index contributed by atoms with van der Waals surface area (Å²) in [6.07, 6.45) is 0.555. The molecule has 0 bridgehead atoms. The maximum atomic E-state index is 12.7. The molecule has 0 spiro atoms. The summed E-state index contributed by atoms with van der Waals surface area (Å²) in [7, 11) is 0. The maximum absolute atomic E-state index is 12.7. The van der Waals surface area contributed by atoms with Gasteiger partial charge in [-0.1, -0.05) is 0 Å². The summed E-state index contributed by atoms with van der Waals surface area (Å²) in [5.74, 6) is -7.35. The number of halogens is 6. The van der Waals surface area contributed by atoms with Crippen molar-refractivity contribution in [2.45, 2.75) is 12.8 Å². The van der Waals surface area contributed by atoms with Gasteiger partial charge in [-0.05, 0) is 29.3 Å². The van der Waals surface area contributed by atoms with Crippen LogP contribution in [0.1, 0.15) is 11.1 Å². The first-order valence-electron chi connectivity index (χ1n) is 6.44. The molecule has 2 aromatic carbocycles. The second-order valence-corrected chi connectivity index (χ2v) is 4.47. The van der Waals surface area contributed by atoms with Crippen LogP contribution in [-0.4, -0.2) is 12.6 Å². The summed E-state index contributed by atoms with van der Waals surface area (Å²) in [6.45, 7) is 0. The van der Waals surface area contributed by atoms with Crippen molar-refractivity contribution in [2.24, 2.45) is 0 Å². The molecule has 2 rings (SSSR count). The Morgan fingerprint density at radius 3 is 1.62 bits per heavy atom. The summed E-state index contributed by atoms with van der Waals surface area (Å²) < 4.78 is 74.6. The summed E-state index contributed by atoms with van der Waals surface area (Å²) in [6, 6.07) is 2.70. The number of carbonyl (C=O) groups is 2. The normalized spacial score (nSPS) is 9.92. The lowest BCUT2D eigenvalue weighted by Crippen LogP contribution is -1.95. The van der Waals surface area contributed by atoms with Gasteiger partial charge < -0.3 is 9.59 Å². The molecule has 0 unspecified atom stereocenters. The van der Waals surface area contributed by atoms with Crippen molar-refractivity contribution in [3.63, 3.8) is 0 Å². The molecule has 0 aliphatic heterocycles. The van der Waals surface area contributed by atoms with Gasteiger partial charge in [-0.3, -0.25) is 0 Å². The number of aldehydes is 2. The molecular formula is C16H10F6O2. The minimum absolute atomic E-state index is 0.117. The topological polar surface area (TPSA) is 34.1 Å². The van der Waals surface area contributed by atoms with Crippen molar-refractivity contribution in [1.29, 1.82) is 0 Å². The summed E-state index contributed by atoms with van der Waals surface area (Å²) in [5.41, 5.74) is -0.00898. The molecule has 24 heavy (non-hydrogen) atoms. The highest BCUT2D eigenvalue weighted by Gasteiger charge is 2.10. The van der Waals surface area contributed by atoms with E-state index in [0.717, 1.165) is 12.1 Å². The lowest BCUT2D eigenvalue weighted by molar-refractivity contribution is -0.108. The zero-order valence-corrected chi connectivity index (χ0v) is 12.0. The van der Waals surface area contributed by atoms with E-state index >= 15 is 0 Å². The fourth-order valence-corrected chi connectivity index (χ4v) is 1.63. The SMILES string of the molecule is O=CCc1cc(F)c(F)c(F)c1.O=CCc1cc(F)c(F)cc1F. The van der Waals surface area contributed by atoms with Gasteiger partial charge in [0.25, 0.3) is 0 Å². The van der Waals surface area contributed by atoms with Gasteiger partial charge in [-0.2, -0.15) is 0 Å². The largest absolute Gasteiger partial charge is 0.303 e. The van der Waals surface area contributed by atoms with Crippen LogP contribution >= 0.6 is 0 Å². The Morgan fingerprint density at radius 2 is 1.12 bits per heavy atom. The molecule has 0 saturated heterocycles. The molecule has 8 heteroatoms. The van der Waals surface area contributed by atoms with E-state index < -0.39 is 34.9 Å². The average molecular weight is 348 g/mol. The van der Waals surface area contributed by atoms with Gasteiger partial charge in [0.1, 0.15) is 18.4 Å². The van der Waals surface area contributed by atoms with Crippen molar-refractivity contribution in [1.82, 2.24) is 0 Å². The Kier molecular flexibility index (Phi) is 7.16. The van der Waals surface area contributed by atoms with Gasteiger partial charge in [0.2, 0.25) is 0 Å². The molecule has 0 N–H and O–H groups in total. The standard InChI is InChI=1S/2C8H5F3O/c9-6-4-8(11)7(10)3-5(6)1-2-12;9-6-3-5(1-2-12)4-7(10)8(6)11/h2*2-4H,1H2. The first kappa shape index (κ1) is 19.4. The van der Waals surface area contributed by atoms with Gasteiger partial charge in [-0.15, -0.1) is 0 Å². The van der Waals surface area contributed by atoms with Gasteiger partial charge >= 0.3 is 0 Å². The Hall–Kier alpha value is -2.64. The smallest absolute Gasteiger partial charge is 0.194 e. The molecule has 128 valence electrons. The van der Waals surface area contributed by atoms with Crippen LogP contribution in [0.4, 0.5) is 26.3 Å². The number of hydrogen-bond acceptors (Lipinski definition) is 2. The van der Waals surface area contributed by atoms with Crippen LogP contribution < -0.4 is 0 Å². The maximum Gasteiger partial charge on any atom is 0.194 e. The molecule has 2 nitrogen and oxygen atoms in total. The highest BCUT2D eigenvalue weighted by atomic mass is 19.2. The Bertz CT molecular complexity index is 723. The first-order chi connectivity index (χ1) is 11.3. The van der Waals surface area contributed by atoms with E-state index in [0.29, 0.717) is 24.7 Å². The van der Waals surface area contributed by atoms with E-state index in [1.54, 1.807) is 0 Å². The van der Waals surface area contributed by atoms with Crippen LogP contribution in [-0.2, 0) is 22.4 Å². The highest BCUT2D eigenvalue weighted by molar-refractivity contribution is 5.55. The number of hydrogen-bond donors (Lipinski definition) is 0. The van der Waals surface area contributed by atoms with Crippen LogP contribution in [0.5, 0.6) is 0 Å². The van der Waals surface area contributed by atoms with Crippen molar-refractivity contribution in [3.05, 3.63) is 70.3 Å². The molecule has 0 aliphatic carbocycles. The second-order valence-electron chi connectivity index (χ2n) is 4.47. The van der Waals surface area contributed by atoms with Gasteiger partial charge in [-0.25, -0.2) is 26.3 Å². The highest BCUT2D eigenvalue weighted by Crippen LogP contribution is 2.14. The van der Waals surface area contributed by atoms with Crippen LogP contribution in [0.3, 0.4) is 0 Å². The molecule has 0 radical (unpaired) electrons. The van der Waals surface area contributed by atoms with Gasteiger partial charge in [0, 0.05) is 18.9 Å². The fraction of sp³-hybridized carbons (Fsp3) is 0.125. The van der Waals surface area contributed by atoms with Crippen molar-refractivity contribution < 1.29 is 35.9 Å². The van der Waals surface area contributed by atoms with E-state index in [1.165, 1.54) is 0 Å². The third kappa shape index (κ3) is 5.22. The molecular weight excluding hydrogens is 338 g/mol. The van der Waals surface area contributed by atoms with E-state index in [-0.39, 0.29) is 24.0 Å². The van der Waals surface area contributed by atoms with Crippen LogP contribution in [0.25, 0.3) is 0 Å². The Labute approximate surface area is 132 Å². The molecule has 2 aromatic rings. The minimum atomic E-state index is -1.51. The molecule has 0 fully saturated rings. The molecule has 0 aliphatic rings. The summed E-state index contributed by atoms with van der Waals surface area (Å²) in [4.78, 5) is 19.9. The van der Waals surface area contributed by atoms with E-state index in [4.69, 9.17) is 0 Å². The molecule has 0 amide bonds. The summed E-state index contributed by atoms with van der Waals surface area (Å²) >= 11 is 0. The number of rotatable bonds is 4. The minimum Gasteiger partial charge on any atom is -0.303 e. The van der Waals surface area contributed by atoms with Crippen molar-refractivity contribution in [2.75, 3.05) is 0 Å². The Morgan fingerprint density at radius 1 is 0.625 bits per heavy atom. The van der Waals surface area contributed by atoms with E-state index in [1.807, 2.05) is 0 Å².